The van der Waals surface area contributed by atoms with Crippen molar-refractivity contribution in [1.29, 1.82) is 0 Å². The standard InChI is InChI=1S/C14H20N2O2/c17-14(18)10-12-4-1-2-5-13(12)11-16-8-3-6-15-7-9-16/h1-2,4-5,15H,3,6-11H2,(H,17,18). The van der Waals surface area contributed by atoms with Crippen molar-refractivity contribution in [2.24, 2.45) is 0 Å². The lowest BCUT2D eigenvalue weighted by Crippen LogP contribution is -2.28. The Hall–Kier alpha value is -1.39. The second-order valence-corrected chi connectivity index (χ2v) is 4.72. The van der Waals surface area contributed by atoms with E-state index in [0.29, 0.717) is 0 Å². The van der Waals surface area contributed by atoms with Crippen LogP contribution in [0.4, 0.5) is 0 Å². The fourth-order valence-corrected chi connectivity index (χ4v) is 2.35. The van der Waals surface area contributed by atoms with Crippen LogP contribution < -0.4 is 5.32 Å². The van der Waals surface area contributed by atoms with Crippen LogP contribution in [0.15, 0.2) is 24.3 Å². The third-order valence-electron chi connectivity index (χ3n) is 3.29. The summed E-state index contributed by atoms with van der Waals surface area (Å²) in [5.74, 6) is -0.764. The van der Waals surface area contributed by atoms with Gasteiger partial charge >= 0.3 is 5.97 Å². The normalized spacial score (nSPS) is 17.3. The summed E-state index contributed by atoms with van der Waals surface area (Å²) in [4.78, 5) is 13.2. The van der Waals surface area contributed by atoms with Crippen LogP contribution in [0.3, 0.4) is 0 Å². The Labute approximate surface area is 108 Å². The summed E-state index contributed by atoms with van der Waals surface area (Å²) in [7, 11) is 0. The fourth-order valence-electron chi connectivity index (χ4n) is 2.35. The second kappa shape index (κ2) is 6.52. The predicted molar refractivity (Wildman–Crippen MR) is 70.5 cm³/mol. The Bertz CT molecular complexity index is 399. The van der Waals surface area contributed by atoms with Crippen LogP contribution in [0.5, 0.6) is 0 Å². The molecule has 0 atom stereocenters. The van der Waals surface area contributed by atoms with Gasteiger partial charge in [0, 0.05) is 19.6 Å². The van der Waals surface area contributed by atoms with Gasteiger partial charge in [-0.3, -0.25) is 9.69 Å². The van der Waals surface area contributed by atoms with E-state index in [1.165, 1.54) is 0 Å². The van der Waals surface area contributed by atoms with Crippen molar-refractivity contribution >= 4 is 5.97 Å². The molecule has 0 aromatic heterocycles. The van der Waals surface area contributed by atoms with E-state index in [9.17, 15) is 4.79 Å². The molecule has 1 aromatic carbocycles. The molecule has 0 amide bonds. The van der Waals surface area contributed by atoms with Crippen molar-refractivity contribution in [2.45, 2.75) is 19.4 Å². The van der Waals surface area contributed by atoms with Crippen molar-refractivity contribution in [3.63, 3.8) is 0 Å². The Morgan fingerprint density at radius 2 is 2.00 bits per heavy atom. The molecule has 0 spiro atoms. The lowest BCUT2D eigenvalue weighted by atomic mass is 10.0. The van der Waals surface area contributed by atoms with Gasteiger partial charge in [0.2, 0.25) is 0 Å². The topological polar surface area (TPSA) is 52.6 Å². The van der Waals surface area contributed by atoms with Crippen molar-refractivity contribution in [3.8, 4) is 0 Å². The molecule has 2 rings (SSSR count). The van der Waals surface area contributed by atoms with Crippen LogP contribution in [0, 0.1) is 0 Å². The number of carboxylic acids is 1. The summed E-state index contributed by atoms with van der Waals surface area (Å²) in [6.45, 7) is 5.05. The zero-order valence-electron chi connectivity index (χ0n) is 10.6. The third-order valence-corrected chi connectivity index (χ3v) is 3.29. The molecule has 1 fully saturated rings. The smallest absolute Gasteiger partial charge is 0.307 e. The van der Waals surface area contributed by atoms with Gasteiger partial charge in [0.1, 0.15) is 0 Å². The maximum atomic E-state index is 10.8. The van der Waals surface area contributed by atoms with E-state index < -0.39 is 5.97 Å². The average molecular weight is 248 g/mol. The fraction of sp³-hybridized carbons (Fsp3) is 0.500. The zero-order chi connectivity index (χ0) is 12.8. The van der Waals surface area contributed by atoms with Crippen LogP contribution in [-0.2, 0) is 17.8 Å². The van der Waals surface area contributed by atoms with Crippen LogP contribution in [-0.4, -0.2) is 42.2 Å². The minimum atomic E-state index is -0.764. The molecule has 0 unspecified atom stereocenters. The van der Waals surface area contributed by atoms with Gasteiger partial charge < -0.3 is 10.4 Å². The highest BCUT2D eigenvalue weighted by atomic mass is 16.4. The molecule has 1 aliphatic rings. The van der Waals surface area contributed by atoms with E-state index in [2.05, 4.69) is 10.2 Å². The lowest BCUT2D eigenvalue weighted by molar-refractivity contribution is -0.136. The summed E-state index contributed by atoms with van der Waals surface area (Å²) in [5.41, 5.74) is 2.07. The number of nitrogens with zero attached hydrogens (tertiary/aromatic N) is 1. The van der Waals surface area contributed by atoms with E-state index in [0.717, 1.165) is 50.3 Å². The Balaban J connectivity index is 2.04. The molecule has 98 valence electrons. The summed E-state index contributed by atoms with van der Waals surface area (Å²) in [6, 6.07) is 7.85. The number of carboxylic acid groups (broad SMARTS) is 1. The van der Waals surface area contributed by atoms with Gasteiger partial charge in [-0.2, -0.15) is 0 Å². The molecule has 18 heavy (non-hydrogen) atoms. The SMILES string of the molecule is O=C(O)Cc1ccccc1CN1CCCNCC1. The number of carbonyl (C=O) groups is 1. The number of rotatable bonds is 4. The van der Waals surface area contributed by atoms with Gasteiger partial charge in [-0.25, -0.2) is 0 Å². The zero-order valence-corrected chi connectivity index (χ0v) is 10.6. The van der Waals surface area contributed by atoms with Crippen molar-refractivity contribution < 1.29 is 9.90 Å². The summed E-state index contributed by atoms with van der Waals surface area (Å²) < 4.78 is 0. The van der Waals surface area contributed by atoms with E-state index >= 15 is 0 Å². The van der Waals surface area contributed by atoms with Gasteiger partial charge in [-0.1, -0.05) is 24.3 Å². The van der Waals surface area contributed by atoms with Gasteiger partial charge in [0.15, 0.2) is 0 Å². The average Bonchev–Trinajstić information content (AvgIpc) is 2.60. The largest absolute Gasteiger partial charge is 0.481 e. The van der Waals surface area contributed by atoms with Crippen molar-refractivity contribution in [2.75, 3.05) is 26.2 Å². The Morgan fingerprint density at radius 3 is 2.78 bits per heavy atom. The molecule has 0 radical (unpaired) electrons. The van der Waals surface area contributed by atoms with Crippen LogP contribution >= 0.6 is 0 Å². The molecule has 0 bridgehead atoms. The minimum absolute atomic E-state index is 0.113. The molecule has 1 heterocycles. The molecule has 1 aliphatic heterocycles. The monoisotopic (exact) mass is 248 g/mol. The first kappa shape index (κ1) is 13.1. The summed E-state index contributed by atoms with van der Waals surface area (Å²) >= 11 is 0. The first-order valence-corrected chi connectivity index (χ1v) is 6.47. The number of hydrogen-bond acceptors (Lipinski definition) is 3. The molecule has 4 nitrogen and oxygen atoms in total. The quantitative estimate of drug-likeness (QED) is 0.838. The number of hydrogen-bond donors (Lipinski definition) is 2. The first-order valence-electron chi connectivity index (χ1n) is 6.47. The summed E-state index contributed by atoms with van der Waals surface area (Å²) in [5, 5.41) is 12.3. The highest BCUT2D eigenvalue weighted by Crippen LogP contribution is 2.13. The highest BCUT2D eigenvalue weighted by molar-refractivity contribution is 5.70. The molecule has 1 saturated heterocycles. The maximum Gasteiger partial charge on any atom is 0.307 e. The highest BCUT2D eigenvalue weighted by Gasteiger charge is 2.12. The second-order valence-electron chi connectivity index (χ2n) is 4.72. The molecule has 2 N–H and O–H groups in total. The van der Waals surface area contributed by atoms with Crippen LogP contribution in [0.1, 0.15) is 17.5 Å². The Kier molecular flexibility index (Phi) is 4.73. The first-order chi connectivity index (χ1) is 8.75. The van der Waals surface area contributed by atoms with E-state index in [1.54, 1.807) is 0 Å². The Morgan fingerprint density at radius 1 is 1.22 bits per heavy atom. The van der Waals surface area contributed by atoms with E-state index in [-0.39, 0.29) is 6.42 Å². The van der Waals surface area contributed by atoms with Gasteiger partial charge in [-0.15, -0.1) is 0 Å². The lowest BCUT2D eigenvalue weighted by Gasteiger charge is -2.20. The van der Waals surface area contributed by atoms with Crippen LogP contribution in [0.25, 0.3) is 0 Å². The maximum absolute atomic E-state index is 10.8. The van der Waals surface area contributed by atoms with Crippen molar-refractivity contribution in [3.05, 3.63) is 35.4 Å². The number of benzene rings is 1. The third kappa shape index (κ3) is 3.82. The predicted octanol–water partition coefficient (Wildman–Crippen LogP) is 1.11. The molecule has 1 aromatic rings. The van der Waals surface area contributed by atoms with E-state index in [1.807, 2.05) is 24.3 Å². The molecular weight excluding hydrogens is 228 g/mol. The van der Waals surface area contributed by atoms with Gasteiger partial charge in [0.25, 0.3) is 0 Å². The number of nitrogens with one attached hydrogen (secondary N) is 1. The van der Waals surface area contributed by atoms with E-state index in [4.69, 9.17) is 5.11 Å². The van der Waals surface area contributed by atoms with Gasteiger partial charge in [-0.05, 0) is 30.6 Å². The summed E-state index contributed by atoms with van der Waals surface area (Å²) in [6.07, 6.45) is 1.27. The molecule has 0 saturated carbocycles. The molecular formula is C14H20N2O2. The number of aliphatic carboxylic acids is 1. The molecule has 0 aliphatic carbocycles. The van der Waals surface area contributed by atoms with Crippen molar-refractivity contribution in [1.82, 2.24) is 10.2 Å². The van der Waals surface area contributed by atoms with Crippen LogP contribution in [0.2, 0.25) is 0 Å². The molecule has 4 heteroatoms. The minimum Gasteiger partial charge on any atom is -0.481 e. The van der Waals surface area contributed by atoms with Gasteiger partial charge in [0.05, 0.1) is 6.42 Å².